The Labute approximate surface area is 134 Å². The second-order valence-electron chi connectivity index (χ2n) is 5.04. The first-order valence-electron chi connectivity index (χ1n) is 6.63. The maximum Gasteiger partial charge on any atom is 0.434 e. The predicted molar refractivity (Wildman–Crippen MR) is 77.9 cm³/mol. The van der Waals surface area contributed by atoms with Gasteiger partial charge in [-0.25, -0.2) is 4.98 Å². The zero-order chi connectivity index (χ0) is 17.2. The Morgan fingerprint density at radius 2 is 2.22 bits per heavy atom. The van der Waals surface area contributed by atoms with E-state index in [2.05, 4.69) is 15.5 Å². The van der Waals surface area contributed by atoms with Crippen LogP contribution in [0.2, 0.25) is 0 Å². The first-order valence-corrected chi connectivity index (χ1v) is 7.51. The summed E-state index contributed by atoms with van der Waals surface area (Å²) in [5, 5.41) is 7.45. The molecular formula is C13H15F3N4O2S. The third kappa shape index (κ3) is 4.52. The number of halogens is 3. The minimum atomic E-state index is -4.46. The van der Waals surface area contributed by atoms with E-state index < -0.39 is 17.9 Å². The summed E-state index contributed by atoms with van der Waals surface area (Å²) in [5.41, 5.74) is -0.288. The van der Waals surface area contributed by atoms with Gasteiger partial charge < -0.3 is 4.52 Å². The lowest BCUT2D eigenvalue weighted by molar-refractivity contribution is -0.140. The minimum Gasteiger partial charge on any atom is -0.338 e. The number of aromatic nitrogens is 2. The Morgan fingerprint density at radius 1 is 1.52 bits per heavy atom. The second-order valence-corrected chi connectivity index (χ2v) is 5.98. The van der Waals surface area contributed by atoms with Gasteiger partial charge in [-0.15, -0.1) is 11.3 Å². The summed E-state index contributed by atoms with van der Waals surface area (Å²) >= 11 is 0.908. The van der Waals surface area contributed by atoms with E-state index in [0.29, 0.717) is 5.69 Å². The van der Waals surface area contributed by atoms with Crippen molar-refractivity contribution in [1.82, 2.24) is 15.0 Å². The van der Waals surface area contributed by atoms with E-state index in [0.717, 1.165) is 16.7 Å². The molecule has 126 valence electrons. The highest BCUT2D eigenvalue weighted by atomic mass is 32.1. The van der Waals surface area contributed by atoms with Gasteiger partial charge in [-0.05, 0) is 20.9 Å². The maximum atomic E-state index is 12.5. The number of carbonyl (C=O) groups excluding carboxylic acids is 1. The molecule has 2 heterocycles. The zero-order valence-electron chi connectivity index (χ0n) is 12.6. The van der Waals surface area contributed by atoms with Crippen molar-refractivity contribution in [1.29, 1.82) is 0 Å². The van der Waals surface area contributed by atoms with Crippen molar-refractivity contribution in [3.8, 4) is 0 Å². The lowest BCUT2D eigenvalue weighted by Crippen LogP contribution is -2.39. The van der Waals surface area contributed by atoms with E-state index in [1.54, 1.807) is 31.9 Å². The first-order chi connectivity index (χ1) is 10.7. The third-order valence-corrected chi connectivity index (χ3v) is 3.98. The second kappa shape index (κ2) is 6.67. The molecule has 0 spiro atoms. The van der Waals surface area contributed by atoms with E-state index in [9.17, 15) is 18.0 Å². The van der Waals surface area contributed by atoms with Gasteiger partial charge in [0.1, 0.15) is 5.01 Å². The molecule has 0 bridgehead atoms. The van der Waals surface area contributed by atoms with Gasteiger partial charge in [0.25, 0.3) is 0 Å². The van der Waals surface area contributed by atoms with Crippen molar-refractivity contribution < 1.29 is 22.5 Å². The van der Waals surface area contributed by atoms with Crippen LogP contribution in [-0.2, 0) is 17.5 Å². The fourth-order valence-corrected chi connectivity index (χ4v) is 2.58. The molecule has 6 nitrogen and oxygen atoms in total. The van der Waals surface area contributed by atoms with Gasteiger partial charge in [0, 0.05) is 11.4 Å². The molecule has 0 aliphatic rings. The van der Waals surface area contributed by atoms with Crippen LogP contribution < -0.4 is 5.32 Å². The lowest BCUT2D eigenvalue weighted by atomic mass is 10.2. The van der Waals surface area contributed by atoms with Crippen LogP contribution in [0.15, 0.2) is 16.0 Å². The smallest absolute Gasteiger partial charge is 0.338 e. The van der Waals surface area contributed by atoms with Crippen molar-refractivity contribution in [2.45, 2.75) is 32.6 Å². The zero-order valence-corrected chi connectivity index (χ0v) is 13.5. The van der Waals surface area contributed by atoms with E-state index in [1.807, 2.05) is 0 Å². The molecule has 2 rings (SSSR count). The number of alkyl halides is 3. The van der Waals surface area contributed by atoms with Crippen LogP contribution in [0.25, 0.3) is 0 Å². The minimum absolute atomic E-state index is 0.130. The van der Waals surface area contributed by atoms with E-state index >= 15 is 0 Å². The standard InChI is InChI=1S/C13H15F3N4O2S/c1-7-4-10(22-19-7)18-12(21)8(2)20(3)5-11-17-9(6-23-11)13(14,15)16/h4,6,8H,5H2,1-3H3,(H,18,21). The molecule has 2 aromatic heterocycles. The number of anilines is 1. The Bertz CT molecular complexity index is 683. The van der Waals surface area contributed by atoms with E-state index in [-0.39, 0.29) is 23.3 Å². The van der Waals surface area contributed by atoms with Crippen molar-refractivity contribution in [3.63, 3.8) is 0 Å². The van der Waals surface area contributed by atoms with Crippen molar-refractivity contribution in [2.24, 2.45) is 0 Å². The molecule has 0 aliphatic carbocycles. The van der Waals surface area contributed by atoms with Crippen molar-refractivity contribution >= 4 is 23.1 Å². The van der Waals surface area contributed by atoms with E-state index in [4.69, 9.17) is 4.52 Å². The number of carbonyl (C=O) groups is 1. The van der Waals surface area contributed by atoms with Gasteiger partial charge in [0.15, 0.2) is 5.69 Å². The number of likely N-dealkylation sites (N-methyl/N-ethyl adjacent to an activating group) is 1. The molecular weight excluding hydrogens is 333 g/mol. The van der Waals surface area contributed by atoms with Gasteiger partial charge in [-0.3, -0.25) is 15.0 Å². The highest BCUT2D eigenvalue weighted by Gasteiger charge is 2.34. The quantitative estimate of drug-likeness (QED) is 0.900. The number of rotatable bonds is 5. The normalized spacial score (nSPS) is 13.3. The largest absolute Gasteiger partial charge is 0.434 e. The summed E-state index contributed by atoms with van der Waals surface area (Å²) in [7, 11) is 1.63. The molecule has 23 heavy (non-hydrogen) atoms. The Kier molecular flexibility index (Phi) is 5.05. The molecule has 0 aliphatic heterocycles. The molecule has 0 saturated carbocycles. The SMILES string of the molecule is Cc1cc(NC(=O)C(C)N(C)Cc2nc(C(F)(F)F)cs2)on1. The van der Waals surface area contributed by atoms with Crippen LogP contribution in [0.4, 0.5) is 19.1 Å². The summed E-state index contributed by atoms with van der Waals surface area (Å²) < 4.78 is 42.4. The van der Waals surface area contributed by atoms with Gasteiger partial charge in [-0.1, -0.05) is 5.16 Å². The summed E-state index contributed by atoms with van der Waals surface area (Å²) in [4.78, 5) is 17.2. The topological polar surface area (TPSA) is 71.3 Å². The molecule has 1 N–H and O–H groups in total. The number of thiazole rings is 1. The fourth-order valence-electron chi connectivity index (χ4n) is 1.71. The fraction of sp³-hybridized carbons (Fsp3) is 0.462. The van der Waals surface area contributed by atoms with Crippen LogP contribution in [0.5, 0.6) is 0 Å². The molecule has 10 heteroatoms. The number of aryl methyl sites for hydroxylation is 1. The summed E-state index contributed by atoms with van der Waals surface area (Å²) in [6.07, 6.45) is -4.46. The monoisotopic (exact) mass is 348 g/mol. The van der Waals surface area contributed by atoms with E-state index in [1.165, 1.54) is 0 Å². The van der Waals surface area contributed by atoms with Gasteiger partial charge in [0.05, 0.1) is 18.3 Å². The van der Waals surface area contributed by atoms with Crippen LogP contribution in [0, 0.1) is 6.92 Å². The Hall–Kier alpha value is -1.94. The van der Waals surface area contributed by atoms with Gasteiger partial charge >= 0.3 is 6.18 Å². The molecule has 0 fully saturated rings. The number of hydrogen-bond donors (Lipinski definition) is 1. The maximum absolute atomic E-state index is 12.5. The molecule has 0 radical (unpaired) electrons. The molecule has 1 amide bonds. The number of hydrogen-bond acceptors (Lipinski definition) is 6. The third-order valence-electron chi connectivity index (χ3n) is 3.14. The first kappa shape index (κ1) is 17.4. The molecule has 2 aromatic rings. The molecule has 1 unspecified atom stereocenters. The Balaban J connectivity index is 1.95. The van der Waals surface area contributed by atoms with Crippen molar-refractivity contribution in [2.75, 3.05) is 12.4 Å². The average Bonchev–Trinajstić information content (AvgIpc) is 3.06. The summed E-state index contributed by atoms with van der Waals surface area (Å²) in [6.45, 7) is 3.48. The summed E-state index contributed by atoms with van der Waals surface area (Å²) in [6, 6.07) is 0.986. The van der Waals surface area contributed by atoms with Crippen LogP contribution in [0.1, 0.15) is 23.3 Å². The predicted octanol–water partition coefficient (Wildman–Crippen LogP) is 2.92. The summed E-state index contributed by atoms with van der Waals surface area (Å²) in [5.74, 6) is -0.127. The van der Waals surface area contributed by atoms with Gasteiger partial charge in [-0.2, -0.15) is 13.2 Å². The lowest BCUT2D eigenvalue weighted by Gasteiger charge is -2.22. The molecule has 0 saturated heterocycles. The average molecular weight is 348 g/mol. The van der Waals surface area contributed by atoms with Crippen molar-refractivity contribution in [3.05, 3.63) is 27.8 Å². The van der Waals surface area contributed by atoms with Crippen LogP contribution >= 0.6 is 11.3 Å². The highest BCUT2D eigenvalue weighted by molar-refractivity contribution is 7.09. The number of amides is 1. The van der Waals surface area contributed by atoms with Gasteiger partial charge in [0.2, 0.25) is 11.8 Å². The number of nitrogens with one attached hydrogen (secondary N) is 1. The van der Waals surface area contributed by atoms with Crippen LogP contribution in [-0.4, -0.2) is 34.0 Å². The Morgan fingerprint density at radius 3 is 2.74 bits per heavy atom. The van der Waals surface area contributed by atoms with Crippen LogP contribution in [0.3, 0.4) is 0 Å². The highest BCUT2D eigenvalue weighted by Crippen LogP contribution is 2.30. The molecule has 1 atom stereocenters. The number of nitrogens with zero attached hydrogens (tertiary/aromatic N) is 3. The molecule has 0 aromatic carbocycles.